The highest BCUT2D eigenvalue weighted by molar-refractivity contribution is 5.31. The second-order valence-electron chi connectivity index (χ2n) is 4.78. The normalized spacial score (nSPS) is 28.4. The molecule has 0 radical (unpaired) electrons. The molecule has 1 fully saturated rings. The van der Waals surface area contributed by atoms with Crippen LogP contribution >= 0.6 is 0 Å². The first-order valence-electron chi connectivity index (χ1n) is 10.2. The maximum Gasteiger partial charge on any atom is 0.0602 e. The lowest BCUT2D eigenvalue weighted by Gasteiger charge is -2.38. The summed E-state index contributed by atoms with van der Waals surface area (Å²) in [5.74, 6) is 0. The van der Waals surface area contributed by atoms with Crippen LogP contribution in [0.15, 0.2) is 60.7 Å². The number of piperazine rings is 1. The molecular formula is C18H22N2. The molecule has 104 valence electrons. The number of nitrogens with zero attached hydrogens (tertiary/aromatic N) is 2. The smallest absolute Gasteiger partial charge is 0.0602 e. The van der Waals surface area contributed by atoms with Gasteiger partial charge in [-0.25, -0.2) is 0 Å². The van der Waals surface area contributed by atoms with E-state index in [9.17, 15) is 0 Å². The number of rotatable bonds is 3. The summed E-state index contributed by atoms with van der Waals surface area (Å²) in [4.78, 5) is 2.07. The van der Waals surface area contributed by atoms with E-state index in [2.05, 4.69) is 0 Å². The molecular weight excluding hydrogens is 244 g/mol. The number of hydrogen-bond donors (Lipinski definition) is 0. The highest BCUT2D eigenvalue weighted by Gasteiger charge is 2.24. The molecule has 2 aromatic carbocycles. The lowest BCUT2D eigenvalue weighted by Crippen LogP contribution is -2.46. The predicted molar refractivity (Wildman–Crippen MR) is 83.8 cm³/mol. The Morgan fingerprint density at radius 2 is 1.40 bits per heavy atom. The highest BCUT2D eigenvalue weighted by Crippen LogP contribution is 2.29. The minimum atomic E-state index is -2.87. The second-order valence-corrected chi connectivity index (χ2v) is 4.78. The molecule has 3 rings (SSSR count). The van der Waals surface area contributed by atoms with E-state index in [-0.39, 0.29) is 19.1 Å². The van der Waals surface area contributed by atoms with Gasteiger partial charge in [-0.3, -0.25) is 4.90 Å². The predicted octanol–water partition coefficient (Wildman–Crippen LogP) is 3.02. The van der Waals surface area contributed by atoms with Crippen molar-refractivity contribution in [3.8, 4) is 0 Å². The molecule has 1 heterocycles. The minimum absolute atomic E-state index is 0.223. The van der Waals surface area contributed by atoms with E-state index in [0.717, 1.165) is 11.1 Å². The van der Waals surface area contributed by atoms with Gasteiger partial charge in [-0.15, -0.1) is 0 Å². The molecule has 2 heteroatoms. The van der Waals surface area contributed by atoms with E-state index >= 15 is 0 Å². The van der Waals surface area contributed by atoms with Gasteiger partial charge in [-0.05, 0) is 18.1 Å². The number of likely N-dealkylation sites (N-methyl/N-ethyl adjacent to an activating group) is 1. The monoisotopic (exact) mass is 273 g/mol. The fourth-order valence-electron chi connectivity index (χ4n) is 2.50. The van der Waals surface area contributed by atoms with Crippen molar-refractivity contribution >= 4 is 0 Å². The van der Waals surface area contributed by atoms with Gasteiger partial charge in [0.25, 0.3) is 0 Å². The Labute approximate surface area is 131 Å². The van der Waals surface area contributed by atoms with Crippen molar-refractivity contribution in [2.24, 2.45) is 0 Å². The van der Waals surface area contributed by atoms with Crippen LogP contribution in [0, 0.1) is 0 Å². The van der Waals surface area contributed by atoms with Crippen molar-refractivity contribution in [3.63, 3.8) is 0 Å². The fourth-order valence-corrected chi connectivity index (χ4v) is 2.50. The molecule has 0 aliphatic carbocycles. The van der Waals surface area contributed by atoms with Gasteiger partial charge in [-0.2, -0.15) is 0 Å². The van der Waals surface area contributed by atoms with E-state index in [0.29, 0.717) is 4.90 Å². The molecule has 2 nitrogen and oxygen atoms in total. The summed E-state index contributed by atoms with van der Waals surface area (Å²) in [6.45, 7) is -8.02. The summed E-state index contributed by atoms with van der Waals surface area (Å²) in [7, 11) is 0. The summed E-state index contributed by atoms with van der Waals surface area (Å²) >= 11 is 0. The van der Waals surface area contributed by atoms with Crippen LogP contribution in [0.25, 0.3) is 0 Å². The molecule has 2 aromatic rings. The zero-order valence-electron chi connectivity index (χ0n) is 18.2. The lowest BCUT2D eigenvalue weighted by atomic mass is 9.96. The Morgan fingerprint density at radius 1 is 0.900 bits per heavy atom. The van der Waals surface area contributed by atoms with Crippen LogP contribution in [-0.2, 0) is 0 Å². The zero-order valence-corrected chi connectivity index (χ0v) is 11.2. The molecule has 1 aliphatic heterocycles. The van der Waals surface area contributed by atoms with Gasteiger partial charge in [0.15, 0.2) is 0 Å². The van der Waals surface area contributed by atoms with Crippen molar-refractivity contribution in [1.82, 2.24) is 9.80 Å². The van der Waals surface area contributed by atoms with Crippen LogP contribution in [0.5, 0.6) is 0 Å². The third-order valence-electron chi connectivity index (χ3n) is 3.46. The SMILES string of the molecule is [2H]C([2H])([2H])N1C([2H])([2H])CN(C(c2ccccc2)c2ccccc2)CC1([2H])[2H]. The Balaban J connectivity index is 2.05. The average Bonchev–Trinajstić information content (AvgIpc) is 2.53. The maximum atomic E-state index is 8.29. The van der Waals surface area contributed by atoms with Gasteiger partial charge >= 0.3 is 0 Å². The Morgan fingerprint density at radius 3 is 1.85 bits per heavy atom. The van der Waals surface area contributed by atoms with Crippen molar-refractivity contribution in [2.75, 3.05) is 33.1 Å². The van der Waals surface area contributed by atoms with Crippen LogP contribution < -0.4 is 0 Å². The standard InChI is InChI=1S/C18H22N2/c1-19-12-14-20(15-13-19)18(16-8-4-2-5-9-16)17-10-6-3-7-11-17/h2-11,18H,12-15H2,1H3/i1D3,12D2,13D2. The van der Waals surface area contributed by atoms with E-state index in [4.69, 9.17) is 9.60 Å². The van der Waals surface area contributed by atoms with Gasteiger partial charge in [0, 0.05) is 35.7 Å². The van der Waals surface area contributed by atoms with E-state index in [1.54, 1.807) is 4.90 Å². The molecule has 0 bridgehead atoms. The Bertz CT molecular complexity index is 705. The van der Waals surface area contributed by atoms with Crippen molar-refractivity contribution < 1.29 is 9.60 Å². The summed E-state index contributed by atoms with van der Waals surface area (Å²) in [5, 5.41) is 0. The zero-order chi connectivity index (χ0) is 19.9. The number of benzene rings is 2. The van der Waals surface area contributed by atoms with Gasteiger partial charge < -0.3 is 4.90 Å². The molecule has 0 N–H and O–H groups in total. The van der Waals surface area contributed by atoms with Crippen molar-refractivity contribution in [3.05, 3.63) is 71.8 Å². The molecule has 0 saturated carbocycles. The van der Waals surface area contributed by atoms with Gasteiger partial charge in [0.05, 0.1) is 6.04 Å². The first-order chi connectivity index (χ1) is 12.5. The molecule has 0 spiro atoms. The average molecular weight is 273 g/mol. The van der Waals surface area contributed by atoms with Crippen LogP contribution in [0.4, 0.5) is 0 Å². The van der Waals surface area contributed by atoms with E-state index < -0.39 is 20.0 Å². The van der Waals surface area contributed by atoms with Gasteiger partial charge in [0.1, 0.15) is 0 Å². The van der Waals surface area contributed by atoms with Crippen LogP contribution in [0.2, 0.25) is 0 Å². The van der Waals surface area contributed by atoms with Crippen LogP contribution in [0.1, 0.15) is 26.8 Å². The van der Waals surface area contributed by atoms with Crippen molar-refractivity contribution in [1.29, 1.82) is 0 Å². The largest absolute Gasteiger partial charge is 0.304 e. The molecule has 0 atom stereocenters. The quantitative estimate of drug-likeness (QED) is 0.848. The first kappa shape index (κ1) is 7.39. The molecule has 1 saturated heterocycles. The van der Waals surface area contributed by atoms with Crippen molar-refractivity contribution in [2.45, 2.75) is 6.04 Å². The maximum absolute atomic E-state index is 8.29. The first-order valence-corrected chi connectivity index (χ1v) is 6.67. The van der Waals surface area contributed by atoms with Crippen LogP contribution in [0.3, 0.4) is 0 Å². The lowest BCUT2D eigenvalue weighted by molar-refractivity contribution is 0.127. The summed E-state index contributed by atoms with van der Waals surface area (Å²) in [6, 6.07) is 18.6. The highest BCUT2D eigenvalue weighted by atomic mass is 15.3. The molecule has 0 aromatic heterocycles. The third-order valence-corrected chi connectivity index (χ3v) is 3.46. The molecule has 1 aliphatic rings. The third kappa shape index (κ3) is 2.92. The summed E-state index contributed by atoms with van der Waals surface area (Å²) < 4.78 is 56.0. The molecule has 20 heavy (non-hydrogen) atoms. The molecule has 0 unspecified atom stereocenters. The van der Waals surface area contributed by atoms with E-state index in [1.165, 1.54) is 0 Å². The van der Waals surface area contributed by atoms with Crippen LogP contribution in [-0.4, -0.2) is 42.9 Å². The summed E-state index contributed by atoms with van der Waals surface area (Å²) in [6.07, 6.45) is 0. The Kier molecular flexibility index (Phi) is 2.29. The number of hydrogen-bond acceptors (Lipinski definition) is 2. The summed E-state index contributed by atoms with van der Waals surface area (Å²) in [5.41, 5.74) is 1.80. The fraction of sp³-hybridized carbons (Fsp3) is 0.333. The van der Waals surface area contributed by atoms with E-state index in [1.807, 2.05) is 60.7 Å². The molecule has 0 amide bonds. The Hall–Kier alpha value is -1.64. The minimum Gasteiger partial charge on any atom is -0.304 e. The van der Waals surface area contributed by atoms with Gasteiger partial charge in [-0.1, -0.05) is 60.7 Å². The van der Waals surface area contributed by atoms with Gasteiger partial charge in [0.2, 0.25) is 0 Å². The second kappa shape index (κ2) is 6.21. The topological polar surface area (TPSA) is 6.48 Å².